The first-order valence-electron chi connectivity index (χ1n) is 9.31. The number of rotatable bonds is 5. The number of fused-ring (bicyclic) bond motifs is 1. The normalized spacial score (nSPS) is 12.1. The number of benzene rings is 2. The smallest absolute Gasteiger partial charge is 0.416 e. The highest BCUT2D eigenvalue weighted by Gasteiger charge is 2.31. The third-order valence-electron chi connectivity index (χ3n) is 4.86. The molecule has 0 aliphatic heterocycles. The van der Waals surface area contributed by atoms with E-state index in [0.717, 1.165) is 12.1 Å². The maximum atomic E-state index is 13.1. The zero-order chi connectivity index (χ0) is 22.9. The molecule has 10 heteroatoms. The third kappa shape index (κ3) is 4.26. The minimum absolute atomic E-state index is 0.0142. The summed E-state index contributed by atoms with van der Waals surface area (Å²) < 4.78 is 70.0. The van der Waals surface area contributed by atoms with Gasteiger partial charge in [0.2, 0.25) is 0 Å². The van der Waals surface area contributed by atoms with Crippen LogP contribution < -0.4 is 4.74 Å². The Balaban J connectivity index is 1.78. The lowest BCUT2D eigenvalue weighted by Gasteiger charge is -2.14. The Morgan fingerprint density at radius 2 is 1.78 bits per heavy atom. The summed E-state index contributed by atoms with van der Waals surface area (Å²) in [6.07, 6.45) is -0.297. The van der Waals surface area contributed by atoms with E-state index in [-0.39, 0.29) is 16.4 Å². The number of aromatic nitrogens is 3. The highest BCUT2D eigenvalue weighted by molar-refractivity contribution is 7.90. The lowest BCUT2D eigenvalue weighted by Crippen LogP contribution is -2.06. The van der Waals surface area contributed by atoms with Gasteiger partial charge in [0, 0.05) is 23.3 Å². The fraction of sp³-hybridized carbons (Fsp3) is 0.136. The number of ether oxygens (including phenoxy) is 1. The SMILES string of the molecule is COc1cc(C(F)(F)F)ccc1-c1nccc2cc(S(=O)(=O)Cc3ccncn3)ccc12. The van der Waals surface area contributed by atoms with Crippen molar-refractivity contribution in [3.8, 4) is 17.0 Å². The molecule has 0 fully saturated rings. The summed E-state index contributed by atoms with van der Waals surface area (Å²) in [5.74, 6) is -0.272. The van der Waals surface area contributed by atoms with Crippen LogP contribution in [-0.4, -0.2) is 30.5 Å². The van der Waals surface area contributed by atoms with Gasteiger partial charge in [-0.1, -0.05) is 6.07 Å². The van der Waals surface area contributed by atoms with E-state index < -0.39 is 21.6 Å². The van der Waals surface area contributed by atoms with Gasteiger partial charge in [-0.25, -0.2) is 18.4 Å². The van der Waals surface area contributed by atoms with Gasteiger partial charge in [-0.15, -0.1) is 0 Å². The van der Waals surface area contributed by atoms with E-state index >= 15 is 0 Å². The quantitative estimate of drug-likeness (QED) is 0.431. The van der Waals surface area contributed by atoms with Crippen LogP contribution in [0.25, 0.3) is 22.0 Å². The minimum Gasteiger partial charge on any atom is -0.496 e. The van der Waals surface area contributed by atoms with E-state index in [0.29, 0.717) is 27.7 Å². The largest absolute Gasteiger partial charge is 0.496 e. The van der Waals surface area contributed by atoms with E-state index in [2.05, 4.69) is 15.0 Å². The molecule has 4 aromatic rings. The van der Waals surface area contributed by atoms with Gasteiger partial charge in [0.05, 0.1) is 34.7 Å². The number of pyridine rings is 1. The van der Waals surface area contributed by atoms with Crippen molar-refractivity contribution in [2.75, 3.05) is 7.11 Å². The first-order chi connectivity index (χ1) is 15.2. The van der Waals surface area contributed by atoms with E-state index in [9.17, 15) is 21.6 Å². The lowest BCUT2D eigenvalue weighted by molar-refractivity contribution is -0.137. The van der Waals surface area contributed by atoms with Gasteiger partial charge in [-0.3, -0.25) is 4.98 Å². The summed E-state index contributed by atoms with van der Waals surface area (Å²) in [4.78, 5) is 12.1. The molecule has 0 radical (unpaired) electrons. The summed E-state index contributed by atoms with van der Waals surface area (Å²) in [6, 6.07) is 10.9. The van der Waals surface area contributed by atoms with Gasteiger partial charge >= 0.3 is 6.18 Å². The molecular formula is C22H16F3N3O3S. The van der Waals surface area contributed by atoms with Gasteiger partial charge in [0.25, 0.3) is 0 Å². The topological polar surface area (TPSA) is 82.0 Å². The summed E-state index contributed by atoms with van der Waals surface area (Å²) in [7, 11) is -2.40. The highest BCUT2D eigenvalue weighted by atomic mass is 32.2. The van der Waals surface area contributed by atoms with E-state index in [1.54, 1.807) is 12.1 Å². The molecule has 4 rings (SSSR count). The second-order valence-corrected chi connectivity index (χ2v) is 8.90. The van der Waals surface area contributed by atoms with Crippen LogP contribution in [0.3, 0.4) is 0 Å². The predicted molar refractivity (Wildman–Crippen MR) is 112 cm³/mol. The monoisotopic (exact) mass is 459 g/mol. The molecule has 0 aliphatic carbocycles. The molecule has 0 bridgehead atoms. The summed E-state index contributed by atoms with van der Waals surface area (Å²) >= 11 is 0. The molecule has 2 aromatic carbocycles. The minimum atomic E-state index is -4.51. The average Bonchev–Trinajstić information content (AvgIpc) is 2.77. The molecule has 2 aromatic heterocycles. The van der Waals surface area contributed by atoms with Crippen LogP contribution in [0.1, 0.15) is 11.3 Å². The molecule has 32 heavy (non-hydrogen) atoms. The molecular weight excluding hydrogens is 443 g/mol. The molecule has 0 atom stereocenters. The van der Waals surface area contributed by atoms with Crippen LogP contribution in [0.15, 0.2) is 72.1 Å². The zero-order valence-corrected chi connectivity index (χ0v) is 17.5. The molecule has 0 N–H and O–H groups in total. The number of hydrogen-bond donors (Lipinski definition) is 0. The number of alkyl halides is 3. The molecule has 164 valence electrons. The van der Waals surface area contributed by atoms with Crippen LogP contribution in [0, 0.1) is 0 Å². The van der Waals surface area contributed by atoms with E-state index in [1.165, 1.54) is 50.1 Å². The van der Waals surface area contributed by atoms with E-state index in [1.807, 2.05) is 0 Å². The number of sulfone groups is 1. The van der Waals surface area contributed by atoms with Crippen LogP contribution in [-0.2, 0) is 21.8 Å². The summed E-state index contributed by atoms with van der Waals surface area (Å²) in [6.45, 7) is 0. The maximum Gasteiger partial charge on any atom is 0.416 e. The van der Waals surface area contributed by atoms with Gasteiger partial charge in [0.1, 0.15) is 12.1 Å². The Bertz CT molecular complexity index is 1390. The van der Waals surface area contributed by atoms with Crippen molar-refractivity contribution in [1.29, 1.82) is 0 Å². The van der Waals surface area contributed by atoms with Crippen LogP contribution in [0.2, 0.25) is 0 Å². The molecule has 0 unspecified atom stereocenters. The molecule has 0 saturated heterocycles. The molecule has 0 spiro atoms. The number of halogens is 3. The van der Waals surface area contributed by atoms with Crippen molar-refractivity contribution >= 4 is 20.6 Å². The van der Waals surface area contributed by atoms with E-state index in [4.69, 9.17) is 4.74 Å². The zero-order valence-electron chi connectivity index (χ0n) is 16.7. The van der Waals surface area contributed by atoms with Crippen LogP contribution in [0.5, 0.6) is 5.75 Å². The maximum absolute atomic E-state index is 13.1. The van der Waals surface area contributed by atoms with Gasteiger partial charge < -0.3 is 4.74 Å². The van der Waals surface area contributed by atoms with Crippen molar-refractivity contribution in [3.63, 3.8) is 0 Å². The number of methoxy groups -OCH3 is 1. The Morgan fingerprint density at radius 1 is 0.969 bits per heavy atom. The first-order valence-corrected chi connectivity index (χ1v) is 11.0. The summed E-state index contributed by atoms with van der Waals surface area (Å²) in [5, 5.41) is 1.15. The van der Waals surface area contributed by atoms with Crippen LogP contribution >= 0.6 is 0 Å². The van der Waals surface area contributed by atoms with Gasteiger partial charge in [0.15, 0.2) is 9.84 Å². The average molecular weight is 459 g/mol. The summed E-state index contributed by atoms with van der Waals surface area (Å²) in [5.41, 5.74) is 0.275. The van der Waals surface area contributed by atoms with Crippen molar-refractivity contribution in [2.24, 2.45) is 0 Å². The first kappa shape index (κ1) is 21.7. The molecule has 0 amide bonds. The molecule has 2 heterocycles. The second-order valence-electron chi connectivity index (χ2n) is 6.92. The lowest BCUT2D eigenvalue weighted by atomic mass is 10.0. The Morgan fingerprint density at radius 3 is 2.47 bits per heavy atom. The fourth-order valence-corrected chi connectivity index (χ4v) is 4.62. The molecule has 6 nitrogen and oxygen atoms in total. The number of hydrogen-bond acceptors (Lipinski definition) is 6. The van der Waals surface area contributed by atoms with Crippen LogP contribution in [0.4, 0.5) is 13.2 Å². The van der Waals surface area contributed by atoms with Crippen molar-refractivity contribution in [3.05, 3.63) is 78.5 Å². The van der Waals surface area contributed by atoms with Crippen molar-refractivity contribution in [2.45, 2.75) is 16.8 Å². The fourth-order valence-electron chi connectivity index (χ4n) is 3.31. The van der Waals surface area contributed by atoms with Gasteiger partial charge in [-0.05, 0) is 47.9 Å². The third-order valence-corrected chi connectivity index (χ3v) is 6.51. The predicted octanol–water partition coefficient (Wildman–Crippen LogP) is 4.69. The molecule has 0 saturated carbocycles. The highest BCUT2D eigenvalue weighted by Crippen LogP contribution is 2.38. The standard InChI is InChI=1S/C22H16F3N3O3S/c1-31-20-11-15(22(23,24)25)2-4-19(20)21-18-5-3-17(10-14(18)6-9-27-21)32(29,30)12-16-7-8-26-13-28-16/h2-11,13H,12H2,1H3. The van der Waals surface area contributed by atoms with Gasteiger partial charge in [-0.2, -0.15) is 13.2 Å². The Labute approximate surface area is 181 Å². The Kier molecular flexibility index (Phi) is 5.55. The van der Waals surface area contributed by atoms with Crippen molar-refractivity contribution < 1.29 is 26.3 Å². The Hall–Kier alpha value is -3.53. The number of nitrogens with zero attached hydrogens (tertiary/aromatic N) is 3. The second kappa shape index (κ2) is 8.19. The molecule has 0 aliphatic rings. The van der Waals surface area contributed by atoms with Crippen molar-refractivity contribution in [1.82, 2.24) is 15.0 Å².